The molecule has 3 heterocycles. The van der Waals surface area contributed by atoms with Crippen molar-refractivity contribution in [3.8, 4) is 11.5 Å². The van der Waals surface area contributed by atoms with Crippen molar-refractivity contribution in [2.24, 2.45) is 0 Å². The first kappa shape index (κ1) is 24.4. The largest absolute Gasteiger partial charge is 0.457 e. The third kappa shape index (κ3) is 5.03. The monoisotopic (exact) mass is 500 g/mol. The van der Waals surface area contributed by atoms with E-state index in [9.17, 15) is 14.3 Å². The number of hydrogen-bond acceptors (Lipinski definition) is 6. The van der Waals surface area contributed by atoms with Gasteiger partial charge in [-0.1, -0.05) is 6.07 Å². The van der Waals surface area contributed by atoms with Crippen molar-refractivity contribution in [1.82, 2.24) is 9.97 Å². The third-order valence-corrected chi connectivity index (χ3v) is 6.44. The van der Waals surface area contributed by atoms with Crippen LogP contribution in [0, 0.1) is 19.3 Å². The maximum atomic E-state index is 13.7. The first-order chi connectivity index (χ1) is 18.0. The van der Waals surface area contributed by atoms with Crippen LogP contribution in [0.4, 0.5) is 15.8 Å². The molecule has 3 N–H and O–H groups in total. The number of halogens is 1. The second-order valence-electron chi connectivity index (χ2n) is 8.98. The van der Waals surface area contributed by atoms with E-state index in [0.29, 0.717) is 63.6 Å². The van der Waals surface area contributed by atoms with Crippen LogP contribution in [0.2, 0.25) is 0 Å². The van der Waals surface area contributed by atoms with Crippen LogP contribution in [-0.4, -0.2) is 46.2 Å². The number of carbonyl (C=O) groups excluding carboxylic acids is 1. The predicted molar refractivity (Wildman–Crippen MR) is 137 cm³/mol. The van der Waals surface area contributed by atoms with Gasteiger partial charge in [-0.2, -0.15) is 0 Å². The highest BCUT2D eigenvalue weighted by Crippen LogP contribution is 2.37. The van der Waals surface area contributed by atoms with E-state index in [4.69, 9.17) is 16.0 Å². The number of aromatic amines is 1. The molecule has 8 nitrogen and oxygen atoms in total. The van der Waals surface area contributed by atoms with Gasteiger partial charge < -0.3 is 24.9 Å². The molecule has 0 amide bonds. The summed E-state index contributed by atoms with van der Waals surface area (Å²) >= 11 is 0. The highest BCUT2D eigenvalue weighted by Gasteiger charge is 2.25. The second-order valence-corrected chi connectivity index (χ2v) is 8.98. The Kier molecular flexibility index (Phi) is 6.86. The molecular weight excluding hydrogens is 475 g/mol. The molecule has 0 saturated carbocycles. The smallest absolute Gasteiger partial charge is 0.228 e. The van der Waals surface area contributed by atoms with Crippen molar-refractivity contribution in [3.63, 3.8) is 0 Å². The highest BCUT2D eigenvalue weighted by molar-refractivity contribution is 6.20. The lowest BCUT2D eigenvalue weighted by atomic mass is 9.97. The zero-order valence-electron chi connectivity index (χ0n) is 20.1. The number of nitrogens with one attached hydrogen (secondary N) is 2. The van der Waals surface area contributed by atoms with Crippen LogP contribution >= 0.6 is 0 Å². The number of aliphatic hydroxyl groups is 1. The Balaban J connectivity index is 1.46. The fourth-order valence-corrected chi connectivity index (χ4v) is 4.53. The minimum absolute atomic E-state index is 0.0264. The molecule has 9 heteroatoms. The molecule has 0 spiro atoms. The number of ether oxygens (including phenoxy) is 2. The molecule has 2 aromatic heterocycles. The minimum atomic E-state index is -0.398. The molecule has 0 radical (unpaired) electrons. The quantitative estimate of drug-likeness (QED) is 0.228. The van der Waals surface area contributed by atoms with Gasteiger partial charge in [-0.3, -0.25) is 4.79 Å². The Morgan fingerprint density at radius 2 is 2.11 bits per heavy atom. The molecule has 4 aromatic rings. The number of aliphatic hydroxyl groups excluding tert-OH is 1. The van der Waals surface area contributed by atoms with Crippen molar-refractivity contribution in [1.29, 1.82) is 0 Å². The van der Waals surface area contributed by atoms with Crippen molar-refractivity contribution in [3.05, 3.63) is 88.8 Å². The van der Waals surface area contributed by atoms with Gasteiger partial charge >= 0.3 is 0 Å². The Morgan fingerprint density at radius 1 is 1.27 bits per heavy atom. The predicted octanol–water partition coefficient (Wildman–Crippen LogP) is 5.54. The Hall–Kier alpha value is -4.26. The number of rotatable bonds is 7. The number of H-pyrrole nitrogens is 1. The van der Waals surface area contributed by atoms with E-state index in [-0.39, 0.29) is 24.5 Å². The summed E-state index contributed by atoms with van der Waals surface area (Å²) in [6.45, 7) is 9.80. The summed E-state index contributed by atoms with van der Waals surface area (Å²) in [6, 6.07) is 10.8. The first-order valence-corrected chi connectivity index (χ1v) is 11.9. The van der Waals surface area contributed by atoms with Crippen LogP contribution in [0.3, 0.4) is 0 Å². The zero-order chi connectivity index (χ0) is 25.9. The summed E-state index contributed by atoms with van der Waals surface area (Å²) in [7, 11) is 0. The molecule has 2 aromatic carbocycles. The number of fused-ring (bicyclic) bond motifs is 1. The van der Waals surface area contributed by atoms with Crippen LogP contribution in [0.1, 0.15) is 34.3 Å². The maximum Gasteiger partial charge on any atom is 0.228 e. The number of anilines is 1. The number of aryl methyl sites for hydroxylation is 1. The minimum Gasteiger partial charge on any atom is -0.457 e. The van der Waals surface area contributed by atoms with E-state index < -0.39 is 5.82 Å². The normalized spacial score (nSPS) is 17.4. The summed E-state index contributed by atoms with van der Waals surface area (Å²) in [5, 5.41) is 13.3. The van der Waals surface area contributed by atoms with Gasteiger partial charge in [0, 0.05) is 35.5 Å². The first-order valence-electron chi connectivity index (χ1n) is 11.9. The zero-order valence-corrected chi connectivity index (χ0v) is 20.1. The average molecular weight is 501 g/mol. The molecule has 0 bridgehead atoms. The number of ketones is 1. The Labute approximate surface area is 212 Å². The van der Waals surface area contributed by atoms with E-state index in [1.165, 1.54) is 18.3 Å². The summed E-state index contributed by atoms with van der Waals surface area (Å²) in [6.07, 6.45) is 4.35. The molecular formula is C28H25FN4O4. The van der Waals surface area contributed by atoms with Gasteiger partial charge in [0.15, 0.2) is 5.78 Å². The maximum absolute atomic E-state index is 13.7. The van der Waals surface area contributed by atoms with Crippen LogP contribution in [0.25, 0.3) is 15.9 Å². The molecule has 1 saturated heterocycles. The van der Waals surface area contributed by atoms with E-state index in [1.807, 2.05) is 0 Å². The topological polar surface area (TPSA) is 101 Å². The summed E-state index contributed by atoms with van der Waals surface area (Å²) < 4.78 is 24.9. The summed E-state index contributed by atoms with van der Waals surface area (Å²) in [4.78, 5) is 24.7. The van der Waals surface area contributed by atoms with Crippen molar-refractivity contribution in [2.45, 2.75) is 31.9 Å². The van der Waals surface area contributed by atoms with Crippen LogP contribution in [-0.2, 0) is 4.74 Å². The van der Waals surface area contributed by atoms with Crippen LogP contribution in [0.5, 0.6) is 11.5 Å². The van der Waals surface area contributed by atoms with E-state index in [2.05, 4.69) is 20.1 Å². The van der Waals surface area contributed by atoms with Gasteiger partial charge in [0.1, 0.15) is 23.0 Å². The lowest BCUT2D eigenvalue weighted by molar-refractivity contribution is -0.0223. The molecule has 0 aliphatic carbocycles. The molecule has 1 aliphatic rings. The highest BCUT2D eigenvalue weighted by atomic mass is 19.1. The van der Waals surface area contributed by atoms with Crippen LogP contribution in [0.15, 0.2) is 54.9 Å². The van der Waals surface area contributed by atoms with Gasteiger partial charge in [-0.05, 0) is 55.7 Å². The van der Waals surface area contributed by atoms with Gasteiger partial charge in [0.2, 0.25) is 5.69 Å². The number of nitrogens with zero attached hydrogens (tertiary/aromatic N) is 2. The molecule has 1 aliphatic heterocycles. The van der Waals surface area contributed by atoms with Gasteiger partial charge in [0.05, 0.1) is 37.1 Å². The average Bonchev–Trinajstić information content (AvgIpc) is 3.34. The van der Waals surface area contributed by atoms with E-state index in [0.717, 1.165) is 6.42 Å². The fourth-order valence-electron chi connectivity index (χ4n) is 4.53. The van der Waals surface area contributed by atoms with Crippen LogP contribution < -0.4 is 10.1 Å². The second kappa shape index (κ2) is 10.4. The Morgan fingerprint density at radius 3 is 2.81 bits per heavy atom. The molecule has 2 atom stereocenters. The standard InChI is InChI=1S/C28H25FN4O4/c1-16-10-20(37-19-5-3-4-17(29)11-19)8-9-22(16)27(35)23-12-31-28-25(23)26(24(30-2)13-32-28)33-18-6-7-21(14-34)36-15-18/h3-5,8-13,18,21,34H,6-7,14-15H2,1H3,(H2,31,32,33)/t18-,21+/m1/s1. The number of carbonyl (C=O) groups is 1. The molecule has 0 unspecified atom stereocenters. The van der Waals surface area contributed by atoms with E-state index in [1.54, 1.807) is 43.5 Å². The van der Waals surface area contributed by atoms with Crippen molar-refractivity contribution >= 4 is 28.2 Å². The van der Waals surface area contributed by atoms with Gasteiger partial charge in [-0.25, -0.2) is 14.2 Å². The number of pyridine rings is 1. The number of hydrogen-bond donors (Lipinski definition) is 3. The lowest BCUT2D eigenvalue weighted by Crippen LogP contribution is -2.36. The van der Waals surface area contributed by atoms with Gasteiger partial charge in [0.25, 0.3) is 0 Å². The fraction of sp³-hybridized carbons (Fsp3) is 0.250. The molecule has 5 rings (SSSR count). The van der Waals surface area contributed by atoms with E-state index >= 15 is 0 Å². The summed E-state index contributed by atoms with van der Waals surface area (Å²) in [5.74, 6) is 0.218. The SMILES string of the molecule is [C-]#[N+]c1cnc2[nH]cc(C(=O)c3ccc(Oc4cccc(F)c4)cc3C)c2c1N[C@@H]1CC[C@@H](CO)OC1. The van der Waals surface area contributed by atoms with Crippen molar-refractivity contribution in [2.75, 3.05) is 18.5 Å². The molecule has 188 valence electrons. The Bertz CT molecular complexity index is 1500. The van der Waals surface area contributed by atoms with Crippen molar-refractivity contribution < 1.29 is 23.8 Å². The number of aromatic nitrogens is 2. The molecule has 37 heavy (non-hydrogen) atoms. The molecule has 1 fully saturated rings. The number of benzene rings is 2. The van der Waals surface area contributed by atoms with Gasteiger partial charge in [-0.15, -0.1) is 0 Å². The summed E-state index contributed by atoms with van der Waals surface area (Å²) in [5.41, 5.74) is 2.88. The third-order valence-electron chi connectivity index (χ3n) is 6.44. The lowest BCUT2D eigenvalue weighted by Gasteiger charge is -2.29.